The van der Waals surface area contributed by atoms with Gasteiger partial charge in [-0.1, -0.05) is 42.5 Å². The molecule has 2 aliphatic heterocycles. The summed E-state index contributed by atoms with van der Waals surface area (Å²) in [6.45, 7) is 2.44. The van der Waals surface area contributed by atoms with Gasteiger partial charge in [-0.3, -0.25) is 19.4 Å². The Labute approximate surface area is 153 Å². The van der Waals surface area contributed by atoms with Crippen molar-refractivity contribution in [3.8, 4) is 5.75 Å². The number of likely N-dealkylation sites (tertiary alicyclic amines) is 2. The van der Waals surface area contributed by atoms with Gasteiger partial charge in [0, 0.05) is 19.6 Å². The lowest BCUT2D eigenvalue weighted by Gasteiger charge is -2.20. The fourth-order valence-corrected chi connectivity index (χ4v) is 3.93. The molecule has 0 radical (unpaired) electrons. The van der Waals surface area contributed by atoms with E-state index >= 15 is 0 Å². The summed E-state index contributed by atoms with van der Waals surface area (Å²) in [5.41, 5.74) is 2.15. The maximum Gasteiger partial charge on any atom is 0.234 e. The van der Waals surface area contributed by atoms with Gasteiger partial charge in [-0.15, -0.1) is 0 Å². The highest BCUT2D eigenvalue weighted by molar-refractivity contribution is 6.05. The first-order chi connectivity index (χ1) is 12.7. The number of ether oxygens (including phenoxy) is 1. The van der Waals surface area contributed by atoms with Gasteiger partial charge in [0.15, 0.2) is 0 Å². The molecule has 5 heteroatoms. The predicted octanol–water partition coefficient (Wildman–Crippen LogP) is 2.31. The summed E-state index contributed by atoms with van der Waals surface area (Å²) < 4.78 is 5.15. The van der Waals surface area contributed by atoms with Crippen molar-refractivity contribution in [2.75, 3.05) is 20.2 Å². The molecular weight excluding hydrogens is 328 g/mol. The van der Waals surface area contributed by atoms with Gasteiger partial charge >= 0.3 is 0 Å². The van der Waals surface area contributed by atoms with E-state index in [2.05, 4.69) is 17.0 Å². The van der Waals surface area contributed by atoms with Gasteiger partial charge in [-0.2, -0.15) is 0 Å². The van der Waals surface area contributed by atoms with E-state index < -0.39 is 0 Å². The smallest absolute Gasteiger partial charge is 0.234 e. The highest BCUT2D eigenvalue weighted by Gasteiger charge is 2.51. The quantitative estimate of drug-likeness (QED) is 0.777. The Kier molecular flexibility index (Phi) is 4.47. The van der Waals surface area contributed by atoms with Crippen LogP contribution in [0.1, 0.15) is 11.1 Å². The van der Waals surface area contributed by atoms with Crippen LogP contribution in [0.25, 0.3) is 0 Å². The van der Waals surface area contributed by atoms with E-state index in [1.807, 2.05) is 42.5 Å². The molecule has 2 heterocycles. The van der Waals surface area contributed by atoms with Crippen molar-refractivity contribution >= 4 is 11.8 Å². The van der Waals surface area contributed by atoms with Crippen LogP contribution in [0.3, 0.4) is 0 Å². The van der Waals surface area contributed by atoms with E-state index in [4.69, 9.17) is 4.74 Å². The number of carbonyl (C=O) groups excluding carboxylic acids is 2. The standard InChI is InChI=1S/C21H22N2O3/c1-26-17-9-7-16(8-10-17)12-23-20(24)18-13-22(14-19(18)21(23)25)11-15-5-3-2-4-6-15/h2-10,18-19H,11-14H2,1H3/t18-,19-/m0/s1. The zero-order valence-corrected chi connectivity index (χ0v) is 14.8. The molecule has 2 atom stereocenters. The van der Waals surface area contributed by atoms with Crippen LogP contribution in [0.4, 0.5) is 0 Å². The molecule has 0 bridgehead atoms. The first-order valence-corrected chi connectivity index (χ1v) is 8.90. The van der Waals surface area contributed by atoms with Crippen molar-refractivity contribution in [3.05, 3.63) is 65.7 Å². The molecule has 0 aromatic heterocycles. The molecule has 0 spiro atoms. The fourth-order valence-electron chi connectivity index (χ4n) is 3.93. The number of imide groups is 1. The van der Waals surface area contributed by atoms with Crippen LogP contribution in [-0.4, -0.2) is 41.8 Å². The van der Waals surface area contributed by atoms with Crippen molar-refractivity contribution in [1.82, 2.24) is 9.80 Å². The van der Waals surface area contributed by atoms with E-state index in [1.165, 1.54) is 10.5 Å². The number of fused-ring (bicyclic) bond motifs is 1. The van der Waals surface area contributed by atoms with Gasteiger partial charge in [0.1, 0.15) is 5.75 Å². The first-order valence-electron chi connectivity index (χ1n) is 8.90. The summed E-state index contributed by atoms with van der Waals surface area (Å²) in [5.74, 6) is 0.285. The minimum Gasteiger partial charge on any atom is -0.497 e. The average molecular weight is 350 g/mol. The second kappa shape index (κ2) is 6.92. The van der Waals surface area contributed by atoms with Crippen LogP contribution in [0.2, 0.25) is 0 Å². The van der Waals surface area contributed by atoms with Gasteiger partial charge in [-0.25, -0.2) is 0 Å². The van der Waals surface area contributed by atoms with Gasteiger partial charge in [0.2, 0.25) is 11.8 Å². The second-order valence-corrected chi connectivity index (χ2v) is 7.00. The Morgan fingerprint density at radius 3 is 2.00 bits per heavy atom. The minimum absolute atomic E-state index is 0.0358. The zero-order chi connectivity index (χ0) is 18.1. The molecule has 2 amide bonds. The third-order valence-electron chi connectivity index (χ3n) is 5.31. The number of carbonyl (C=O) groups is 2. The maximum absolute atomic E-state index is 12.8. The van der Waals surface area contributed by atoms with Crippen molar-refractivity contribution in [2.24, 2.45) is 11.8 Å². The van der Waals surface area contributed by atoms with Crippen molar-refractivity contribution in [2.45, 2.75) is 13.1 Å². The lowest BCUT2D eigenvalue weighted by atomic mass is 10.00. The molecule has 0 N–H and O–H groups in total. The van der Waals surface area contributed by atoms with Crippen LogP contribution in [-0.2, 0) is 22.7 Å². The molecule has 134 valence electrons. The van der Waals surface area contributed by atoms with Gasteiger partial charge in [0.05, 0.1) is 25.5 Å². The third kappa shape index (κ3) is 3.10. The van der Waals surface area contributed by atoms with E-state index in [0.29, 0.717) is 19.6 Å². The number of amides is 2. The molecule has 2 saturated heterocycles. The Bertz CT molecular complexity index is 780. The number of methoxy groups -OCH3 is 1. The second-order valence-electron chi connectivity index (χ2n) is 7.00. The molecule has 0 unspecified atom stereocenters. The molecule has 4 rings (SSSR count). The summed E-state index contributed by atoms with van der Waals surface area (Å²) in [6, 6.07) is 17.7. The molecule has 5 nitrogen and oxygen atoms in total. The molecule has 0 saturated carbocycles. The number of rotatable bonds is 5. The Morgan fingerprint density at radius 2 is 1.42 bits per heavy atom. The largest absolute Gasteiger partial charge is 0.497 e. The van der Waals surface area contributed by atoms with E-state index in [-0.39, 0.29) is 23.7 Å². The molecular formula is C21H22N2O3. The molecule has 2 aromatic carbocycles. The topological polar surface area (TPSA) is 49.9 Å². The average Bonchev–Trinajstić information content (AvgIpc) is 3.18. The summed E-state index contributed by atoms with van der Waals surface area (Å²) in [7, 11) is 1.62. The van der Waals surface area contributed by atoms with Crippen LogP contribution < -0.4 is 4.74 Å². The summed E-state index contributed by atoms with van der Waals surface area (Å²) in [4.78, 5) is 29.2. The number of nitrogens with zero attached hydrogens (tertiary/aromatic N) is 2. The Balaban J connectivity index is 1.42. The van der Waals surface area contributed by atoms with Crippen LogP contribution in [0.5, 0.6) is 5.75 Å². The van der Waals surface area contributed by atoms with E-state index in [9.17, 15) is 9.59 Å². The normalized spacial score (nSPS) is 22.7. The van der Waals surface area contributed by atoms with Gasteiger partial charge in [-0.05, 0) is 23.3 Å². The van der Waals surface area contributed by atoms with Crippen LogP contribution in [0.15, 0.2) is 54.6 Å². The van der Waals surface area contributed by atoms with Crippen molar-refractivity contribution in [1.29, 1.82) is 0 Å². The Morgan fingerprint density at radius 1 is 0.846 bits per heavy atom. The van der Waals surface area contributed by atoms with E-state index in [1.54, 1.807) is 7.11 Å². The van der Waals surface area contributed by atoms with Crippen molar-refractivity contribution in [3.63, 3.8) is 0 Å². The summed E-state index contributed by atoms with van der Waals surface area (Å²) >= 11 is 0. The maximum atomic E-state index is 12.8. The highest BCUT2D eigenvalue weighted by Crippen LogP contribution is 2.35. The van der Waals surface area contributed by atoms with E-state index in [0.717, 1.165) is 17.9 Å². The highest BCUT2D eigenvalue weighted by atomic mass is 16.5. The minimum atomic E-state index is -0.204. The lowest BCUT2D eigenvalue weighted by Crippen LogP contribution is -2.35. The fraction of sp³-hybridized carbons (Fsp3) is 0.333. The number of benzene rings is 2. The molecule has 2 aromatic rings. The summed E-state index contributed by atoms with van der Waals surface area (Å²) in [5, 5.41) is 0. The zero-order valence-electron chi connectivity index (χ0n) is 14.8. The molecule has 2 fully saturated rings. The third-order valence-corrected chi connectivity index (χ3v) is 5.31. The molecule has 2 aliphatic rings. The molecule has 0 aliphatic carbocycles. The van der Waals surface area contributed by atoms with Crippen LogP contribution >= 0.6 is 0 Å². The SMILES string of the molecule is COc1ccc(CN2C(=O)[C@H]3CN(Cc4ccccc4)C[C@@H]3C2=O)cc1. The van der Waals surface area contributed by atoms with Crippen LogP contribution in [0, 0.1) is 11.8 Å². The summed E-state index contributed by atoms with van der Waals surface area (Å²) in [6.07, 6.45) is 0. The van der Waals surface area contributed by atoms with Gasteiger partial charge in [0.25, 0.3) is 0 Å². The van der Waals surface area contributed by atoms with Gasteiger partial charge < -0.3 is 4.74 Å². The monoisotopic (exact) mass is 350 g/mol. The molecule has 26 heavy (non-hydrogen) atoms. The first kappa shape index (κ1) is 16.8. The number of hydrogen-bond donors (Lipinski definition) is 0. The van der Waals surface area contributed by atoms with Crippen molar-refractivity contribution < 1.29 is 14.3 Å². The predicted molar refractivity (Wildman–Crippen MR) is 97.3 cm³/mol. The number of hydrogen-bond acceptors (Lipinski definition) is 4. The Hall–Kier alpha value is -2.66. The lowest BCUT2D eigenvalue weighted by molar-refractivity contribution is -0.141.